The van der Waals surface area contributed by atoms with Crippen LogP contribution in [0.5, 0.6) is 0 Å². The van der Waals surface area contributed by atoms with Crippen LogP contribution in [-0.2, 0) is 21.9 Å². The summed E-state index contributed by atoms with van der Waals surface area (Å²) in [7, 11) is 0. The van der Waals surface area contributed by atoms with E-state index in [1.807, 2.05) is 13.8 Å². The van der Waals surface area contributed by atoms with Crippen molar-refractivity contribution in [1.29, 1.82) is 0 Å². The average molecular weight is 485 g/mol. The van der Waals surface area contributed by atoms with Crippen LogP contribution in [0.15, 0.2) is 42.5 Å². The van der Waals surface area contributed by atoms with Gasteiger partial charge in [0.05, 0.1) is 5.75 Å². The Labute approximate surface area is 197 Å². The van der Waals surface area contributed by atoms with E-state index in [0.29, 0.717) is 26.9 Å². The molecule has 2 rings (SSSR count). The van der Waals surface area contributed by atoms with Gasteiger partial charge in [-0.3, -0.25) is 9.59 Å². The van der Waals surface area contributed by atoms with Crippen LogP contribution in [0.3, 0.4) is 0 Å². The summed E-state index contributed by atoms with van der Waals surface area (Å²) in [4.78, 5) is 27.3. The minimum absolute atomic E-state index is 0.00135. The van der Waals surface area contributed by atoms with Crippen LogP contribution in [-0.4, -0.2) is 34.6 Å². The monoisotopic (exact) mass is 484 g/mol. The maximum Gasteiger partial charge on any atom is 0.242 e. The third kappa shape index (κ3) is 7.70. The van der Waals surface area contributed by atoms with Gasteiger partial charge >= 0.3 is 0 Å². The normalized spacial score (nSPS) is 12.8. The lowest BCUT2D eigenvalue weighted by atomic mass is 10.1. The maximum atomic E-state index is 13.8. The molecule has 1 N–H and O–H groups in total. The molecule has 31 heavy (non-hydrogen) atoms. The van der Waals surface area contributed by atoms with Crippen LogP contribution in [0.1, 0.15) is 38.3 Å². The summed E-state index contributed by atoms with van der Waals surface area (Å²) in [5.41, 5.74) is 1.23. The Morgan fingerprint density at radius 3 is 2.48 bits per heavy atom. The minimum Gasteiger partial charge on any atom is -0.352 e. The highest BCUT2D eigenvalue weighted by Crippen LogP contribution is 2.24. The molecule has 0 aliphatic rings. The van der Waals surface area contributed by atoms with Crippen molar-refractivity contribution in [2.24, 2.45) is 0 Å². The van der Waals surface area contributed by atoms with Crippen molar-refractivity contribution < 1.29 is 14.0 Å². The van der Waals surface area contributed by atoms with Gasteiger partial charge < -0.3 is 10.2 Å². The van der Waals surface area contributed by atoms with E-state index in [4.69, 9.17) is 23.2 Å². The number of rotatable bonds is 10. The fraction of sp³-hybridized carbons (Fsp3) is 0.391. The van der Waals surface area contributed by atoms with Crippen molar-refractivity contribution in [3.05, 3.63) is 69.5 Å². The number of thioether (sulfide) groups is 1. The molecule has 168 valence electrons. The number of benzene rings is 2. The quantitative estimate of drug-likeness (QED) is 0.470. The van der Waals surface area contributed by atoms with Crippen LogP contribution < -0.4 is 5.32 Å². The molecule has 4 nitrogen and oxygen atoms in total. The summed E-state index contributed by atoms with van der Waals surface area (Å²) in [5, 5.41) is 3.84. The minimum atomic E-state index is -0.692. The molecule has 0 aliphatic heterocycles. The number of nitrogens with one attached hydrogen (secondary N) is 1. The fourth-order valence-corrected chi connectivity index (χ4v) is 4.19. The summed E-state index contributed by atoms with van der Waals surface area (Å²) in [6.07, 6.45) is 0.786. The van der Waals surface area contributed by atoms with Crippen molar-refractivity contribution in [2.45, 2.75) is 51.6 Å². The van der Waals surface area contributed by atoms with Crippen molar-refractivity contribution in [3.63, 3.8) is 0 Å². The van der Waals surface area contributed by atoms with E-state index in [1.54, 1.807) is 43.3 Å². The molecule has 0 radical (unpaired) electrons. The molecule has 0 spiro atoms. The van der Waals surface area contributed by atoms with E-state index in [1.165, 1.54) is 22.7 Å². The molecule has 0 aliphatic carbocycles. The number of halogens is 3. The van der Waals surface area contributed by atoms with Crippen LogP contribution in [0.25, 0.3) is 0 Å². The van der Waals surface area contributed by atoms with Crippen molar-refractivity contribution in [2.75, 3.05) is 5.75 Å². The van der Waals surface area contributed by atoms with Gasteiger partial charge in [0.15, 0.2) is 0 Å². The lowest BCUT2D eigenvalue weighted by Crippen LogP contribution is -2.50. The van der Waals surface area contributed by atoms with E-state index in [-0.39, 0.29) is 36.0 Å². The lowest BCUT2D eigenvalue weighted by Gasteiger charge is -2.30. The SMILES string of the molecule is CC[C@@H](C)NC(=O)[C@@H](C)N(Cc1ccc(Cl)cc1Cl)C(=O)CSCc1ccccc1F. The van der Waals surface area contributed by atoms with Gasteiger partial charge in [-0.1, -0.05) is 54.4 Å². The number of carbonyl (C=O) groups excluding carboxylic acids is 2. The lowest BCUT2D eigenvalue weighted by molar-refractivity contribution is -0.138. The van der Waals surface area contributed by atoms with Gasteiger partial charge in [-0.2, -0.15) is 0 Å². The van der Waals surface area contributed by atoms with E-state index in [0.717, 1.165) is 6.42 Å². The van der Waals surface area contributed by atoms with Gasteiger partial charge in [0.25, 0.3) is 0 Å². The van der Waals surface area contributed by atoms with E-state index in [9.17, 15) is 14.0 Å². The standard InChI is InChI=1S/C23H27Cl2FN2O2S/c1-4-15(2)27-23(30)16(3)28(12-17-9-10-19(24)11-20(17)25)22(29)14-31-13-18-7-5-6-8-21(18)26/h5-11,15-16H,4,12-14H2,1-3H3,(H,27,30)/t15-,16-/m1/s1. The predicted octanol–water partition coefficient (Wildman–Crippen LogP) is 5.70. The Bertz CT molecular complexity index is 913. The second-order valence-corrected chi connectivity index (χ2v) is 9.16. The van der Waals surface area contributed by atoms with Gasteiger partial charge in [0.1, 0.15) is 11.9 Å². The first-order valence-corrected chi connectivity index (χ1v) is 12.0. The van der Waals surface area contributed by atoms with Crippen LogP contribution in [0, 0.1) is 5.82 Å². The van der Waals surface area contributed by atoms with Crippen molar-refractivity contribution >= 4 is 46.8 Å². The Morgan fingerprint density at radius 1 is 1.13 bits per heavy atom. The number of carbonyl (C=O) groups is 2. The first-order valence-electron chi connectivity index (χ1n) is 10.1. The zero-order chi connectivity index (χ0) is 23.0. The summed E-state index contributed by atoms with van der Waals surface area (Å²) >= 11 is 13.6. The van der Waals surface area contributed by atoms with Gasteiger partial charge in [0.2, 0.25) is 11.8 Å². The molecule has 0 heterocycles. The number of hydrogen-bond donors (Lipinski definition) is 1. The predicted molar refractivity (Wildman–Crippen MR) is 127 cm³/mol. The third-order valence-corrected chi connectivity index (χ3v) is 6.52. The number of nitrogens with zero attached hydrogens (tertiary/aromatic N) is 1. The van der Waals surface area contributed by atoms with E-state index in [2.05, 4.69) is 5.32 Å². The first-order chi connectivity index (χ1) is 14.7. The number of amides is 2. The zero-order valence-electron chi connectivity index (χ0n) is 17.8. The molecular weight excluding hydrogens is 458 g/mol. The Kier molecular flexibility index (Phi) is 10.1. The smallest absolute Gasteiger partial charge is 0.242 e. The van der Waals surface area contributed by atoms with Gasteiger partial charge in [-0.25, -0.2) is 4.39 Å². The molecular formula is C23H27Cl2FN2O2S. The summed E-state index contributed by atoms with van der Waals surface area (Å²) in [5.74, 6) is -0.276. The Balaban J connectivity index is 2.14. The molecule has 0 saturated heterocycles. The average Bonchev–Trinajstić information content (AvgIpc) is 2.73. The van der Waals surface area contributed by atoms with Crippen LogP contribution in [0.2, 0.25) is 10.0 Å². The second kappa shape index (κ2) is 12.3. The fourth-order valence-electron chi connectivity index (χ4n) is 2.83. The molecule has 2 amide bonds. The maximum absolute atomic E-state index is 13.8. The van der Waals surface area contributed by atoms with E-state index < -0.39 is 6.04 Å². The van der Waals surface area contributed by atoms with Gasteiger partial charge in [-0.15, -0.1) is 11.8 Å². The zero-order valence-corrected chi connectivity index (χ0v) is 20.2. The van der Waals surface area contributed by atoms with Crippen molar-refractivity contribution in [3.8, 4) is 0 Å². The largest absolute Gasteiger partial charge is 0.352 e. The van der Waals surface area contributed by atoms with Crippen LogP contribution >= 0.6 is 35.0 Å². The molecule has 2 atom stereocenters. The highest BCUT2D eigenvalue weighted by Gasteiger charge is 2.27. The topological polar surface area (TPSA) is 49.4 Å². The number of hydrogen-bond acceptors (Lipinski definition) is 3. The van der Waals surface area contributed by atoms with Crippen molar-refractivity contribution in [1.82, 2.24) is 10.2 Å². The highest BCUT2D eigenvalue weighted by molar-refractivity contribution is 7.99. The molecule has 0 bridgehead atoms. The first kappa shape index (κ1) is 25.5. The molecule has 0 aromatic heterocycles. The van der Waals surface area contributed by atoms with Gasteiger partial charge in [-0.05, 0) is 49.6 Å². The highest BCUT2D eigenvalue weighted by atomic mass is 35.5. The Morgan fingerprint density at radius 2 is 1.84 bits per heavy atom. The molecule has 0 unspecified atom stereocenters. The molecule has 0 fully saturated rings. The van der Waals surface area contributed by atoms with Crippen LogP contribution in [0.4, 0.5) is 4.39 Å². The molecule has 0 saturated carbocycles. The Hall–Kier alpha value is -1.76. The molecule has 8 heteroatoms. The van der Waals surface area contributed by atoms with Gasteiger partial charge in [0, 0.05) is 28.4 Å². The molecule has 2 aromatic carbocycles. The summed E-state index contributed by atoms with van der Waals surface area (Å²) in [6, 6.07) is 10.8. The molecule has 2 aromatic rings. The third-order valence-electron chi connectivity index (χ3n) is 4.97. The van der Waals surface area contributed by atoms with E-state index >= 15 is 0 Å². The summed E-state index contributed by atoms with van der Waals surface area (Å²) < 4.78 is 13.8. The summed E-state index contributed by atoms with van der Waals surface area (Å²) in [6.45, 7) is 5.76. The second-order valence-electron chi connectivity index (χ2n) is 7.34.